The lowest BCUT2D eigenvalue weighted by molar-refractivity contribution is 0.123. The second kappa shape index (κ2) is 8.27. The van der Waals surface area contributed by atoms with E-state index in [4.69, 9.17) is 21.1 Å². The summed E-state index contributed by atoms with van der Waals surface area (Å²) in [7, 11) is 0. The van der Waals surface area contributed by atoms with Crippen LogP contribution in [-0.2, 0) is 4.74 Å². The minimum Gasteiger partial charge on any atom is -0.492 e. The normalized spacial score (nSPS) is 14.5. The smallest absolute Gasteiger partial charge is 0.119 e. The predicted octanol–water partition coefficient (Wildman–Crippen LogP) is 3.98. The quantitative estimate of drug-likeness (QED) is 0.802. The maximum atomic E-state index is 6.43. The molecule has 5 heteroatoms. The lowest BCUT2D eigenvalue weighted by atomic mass is 10.2. The fourth-order valence-electron chi connectivity index (χ4n) is 2.76. The molecule has 0 bridgehead atoms. The molecule has 1 fully saturated rings. The number of morpholine rings is 1. The first-order valence-electron chi connectivity index (χ1n) is 8.28. The number of ether oxygens (including phenoxy) is 2. The molecule has 1 aliphatic rings. The highest BCUT2D eigenvalue weighted by Crippen LogP contribution is 2.34. The highest BCUT2D eigenvalue weighted by Gasteiger charge is 2.17. The summed E-state index contributed by atoms with van der Waals surface area (Å²) in [6.45, 7) is 6.57. The Morgan fingerprint density at radius 1 is 1.12 bits per heavy atom. The predicted molar refractivity (Wildman–Crippen MR) is 99.6 cm³/mol. The molecular weight excluding hydrogens is 324 g/mol. The van der Waals surface area contributed by atoms with Crippen LogP contribution in [-0.4, -0.2) is 39.5 Å². The van der Waals surface area contributed by atoms with Crippen molar-refractivity contribution in [2.75, 3.05) is 49.7 Å². The molecule has 2 aromatic rings. The standard InChI is InChI=1S/C19H23ClN2O2/c1-15-5-7-16(8-6-15)24-12-9-21-18-4-2-3-17(20)19(18)22-10-13-23-14-11-22/h2-8,21H,9-14H2,1H3. The minimum atomic E-state index is 0.595. The maximum absolute atomic E-state index is 6.43. The lowest BCUT2D eigenvalue weighted by Crippen LogP contribution is -2.37. The molecule has 1 saturated heterocycles. The molecule has 0 unspecified atom stereocenters. The van der Waals surface area contributed by atoms with Crippen LogP contribution < -0.4 is 15.0 Å². The summed E-state index contributed by atoms with van der Waals surface area (Å²) in [5, 5.41) is 4.21. The zero-order valence-electron chi connectivity index (χ0n) is 13.9. The topological polar surface area (TPSA) is 33.7 Å². The Hall–Kier alpha value is -1.91. The van der Waals surface area contributed by atoms with Gasteiger partial charge in [-0.2, -0.15) is 0 Å². The molecule has 128 valence electrons. The summed E-state index contributed by atoms with van der Waals surface area (Å²) in [6, 6.07) is 14.0. The van der Waals surface area contributed by atoms with Gasteiger partial charge in [0, 0.05) is 19.6 Å². The monoisotopic (exact) mass is 346 g/mol. The Morgan fingerprint density at radius 2 is 1.88 bits per heavy atom. The number of nitrogens with one attached hydrogen (secondary N) is 1. The molecule has 1 N–H and O–H groups in total. The van der Waals surface area contributed by atoms with Crippen molar-refractivity contribution in [1.29, 1.82) is 0 Å². The van der Waals surface area contributed by atoms with Gasteiger partial charge in [0.15, 0.2) is 0 Å². The molecule has 2 aromatic carbocycles. The van der Waals surface area contributed by atoms with E-state index in [-0.39, 0.29) is 0 Å². The average molecular weight is 347 g/mol. The van der Waals surface area contributed by atoms with Crippen molar-refractivity contribution in [2.45, 2.75) is 6.92 Å². The molecule has 0 spiro atoms. The molecule has 0 saturated carbocycles. The third-order valence-electron chi connectivity index (χ3n) is 4.02. The highest BCUT2D eigenvalue weighted by atomic mass is 35.5. The number of nitrogens with zero attached hydrogens (tertiary/aromatic N) is 1. The summed E-state index contributed by atoms with van der Waals surface area (Å²) in [5.74, 6) is 0.891. The number of hydrogen-bond acceptors (Lipinski definition) is 4. The van der Waals surface area contributed by atoms with E-state index in [1.165, 1.54) is 5.56 Å². The van der Waals surface area contributed by atoms with E-state index in [0.717, 1.165) is 48.5 Å². The van der Waals surface area contributed by atoms with Crippen LogP contribution in [0.1, 0.15) is 5.56 Å². The zero-order valence-corrected chi connectivity index (χ0v) is 14.7. The minimum absolute atomic E-state index is 0.595. The molecule has 0 amide bonds. The molecule has 1 aliphatic heterocycles. The molecular formula is C19H23ClN2O2. The van der Waals surface area contributed by atoms with Gasteiger partial charge < -0.3 is 19.7 Å². The van der Waals surface area contributed by atoms with Crippen molar-refractivity contribution in [3.8, 4) is 5.75 Å². The molecule has 0 aromatic heterocycles. The van der Waals surface area contributed by atoms with E-state index in [9.17, 15) is 0 Å². The summed E-state index contributed by atoms with van der Waals surface area (Å²) in [5.41, 5.74) is 3.32. The molecule has 0 radical (unpaired) electrons. The van der Waals surface area contributed by atoms with Crippen molar-refractivity contribution in [1.82, 2.24) is 0 Å². The summed E-state index contributed by atoms with van der Waals surface area (Å²) < 4.78 is 11.2. The summed E-state index contributed by atoms with van der Waals surface area (Å²) in [4.78, 5) is 2.27. The van der Waals surface area contributed by atoms with Crippen LogP contribution in [0.15, 0.2) is 42.5 Å². The summed E-state index contributed by atoms with van der Waals surface area (Å²) in [6.07, 6.45) is 0. The van der Waals surface area contributed by atoms with Crippen LogP contribution in [0.25, 0.3) is 0 Å². The Bertz CT molecular complexity index is 655. The van der Waals surface area contributed by atoms with Crippen molar-refractivity contribution in [3.63, 3.8) is 0 Å². The molecule has 1 heterocycles. The molecule has 4 nitrogen and oxygen atoms in total. The van der Waals surface area contributed by atoms with Gasteiger partial charge in [0.05, 0.1) is 29.6 Å². The second-order valence-electron chi connectivity index (χ2n) is 5.82. The lowest BCUT2D eigenvalue weighted by Gasteiger charge is -2.31. The van der Waals surface area contributed by atoms with E-state index in [1.807, 2.05) is 24.3 Å². The Kier molecular flexibility index (Phi) is 5.83. The largest absolute Gasteiger partial charge is 0.492 e. The van der Waals surface area contributed by atoms with Gasteiger partial charge in [-0.15, -0.1) is 0 Å². The Balaban J connectivity index is 1.58. The third kappa shape index (κ3) is 4.34. The highest BCUT2D eigenvalue weighted by molar-refractivity contribution is 6.34. The van der Waals surface area contributed by atoms with Crippen LogP contribution in [0.5, 0.6) is 5.75 Å². The molecule has 3 rings (SSSR count). The molecule has 24 heavy (non-hydrogen) atoms. The number of para-hydroxylation sites is 1. The van der Waals surface area contributed by atoms with Gasteiger partial charge in [0.1, 0.15) is 12.4 Å². The van der Waals surface area contributed by atoms with Gasteiger partial charge in [0.25, 0.3) is 0 Å². The van der Waals surface area contributed by atoms with Crippen LogP contribution >= 0.6 is 11.6 Å². The van der Waals surface area contributed by atoms with Gasteiger partial charge >= 0.3 is 0 Å². The van der Waals surface area contributed by atoms with Crippen LogP contribution in [0.2, 0.25) is 5.02 Å². The van der Waals surface area contributed by atoms with Crippen molar-refractivity contribution in [2.24, 2.45) is 0 Å². The number of anilines is 2. The first kappa shape index (κ1) is 16.9. The number of hydrogen-bond donors (Lipinski definition) is 1. The Morgan fingerprint density at radius 3 is 2.62 bits per heavy atom. The van der Waals surface area contributed by atoms with Crippen molar-refractivity contribution in [3.05, 3.63) is 53.1 Å². The van der Waals surface area contributed by atoms with Gasteiger partial charge in [-0.1, -0.05) is 35.4 Å². The van der Waals surface area contributed by atoms with Crippen molar-refractivity contribution < 1.29 is 9.47 Å². The van der Waals surface area contributed by atoms with E-state index < -0.39 is 0 Å². The van der Waals surface area contributed by atoms with E-state index >= 15 is 0 Å². The number of rotatable bonds is 6. The molecule has 0 aliphatic carbocycles. The van der Waals surface area contributed by atoms with E-state index in [1.54, 1.807) is 0 Å². The average Bonchev–Trinajstić information content (AvgIpc) is 2.61. The van der Waals surface area contributed by atoms with Crippen LogP contribution in [0.3, 0.4) is 0 Å². The van der Waals surface area contributed by atoms with Crippen LogP contribution in [0.4, 0.5) is 11.4 Å². The van der Waals surface area contributed by atoms with E-state index in [0.29, 0.717) is 13.2 Å². The first-order chi connectivity index (χ1) is 11.7. The van der Waals surface area contributed by atoms with Gasteiger partial charge in [0.2, 0.25) is 0 Å². The maximum Gasteiger partial charge on any atom is 0.119 e. The van der Waals surface area contributed by atoms with E-state index in [2.05, 4.69) is 35.3 Å². The fourth-order valence-corrected chi connectivity index (χ4v) is 3.05. The van der Waals surface area contributed by atoms with Gasteiger partial charge in [-0.05, 0) is 31.2 Å². The number of benzene rings is 2. The fraction of sp³-hybridized carbons (Fsp3) is 0.368. The first-order valence-corrected chi connectivity index (χ1v) is 8.66. The van der Waals surface area contributed by atoms with Crippen LogP contribution in [0, 0.1) is 6.92 Å². The summed E-state index contributed by atoms with van der Waals surface area (Å²) >= 11 is 6.43. The number of aryl methyl sites for hydroxylation is 1. The van der Waals surface area contributed by atoms with Gasteiger partial charge in [-0.3, -0.25) is 0 Å². The zero-order chi connectivity index (χ0) is 16.8. The third-order valence-corrected chi connectivity index (χ3v) is 4.33. The van der Waals surface area contributed by atoms with Gasteiger partial charge in [-0.25, -0.2) is 0 Å². The Labute approximate surface area is 148 Å². The number of halogens is 1. The SMILES string of the molecule is Cc1ccc(OCCNc2cccc(Cl)c2N2CCOCC2)cc1. The van der Waals surface area contributed by atoms with Crippen molar-refractivity contribution >= 4 is 23.0 Å². The molecule has 0 atom stereocenters. The second-order valence-corrected chi connectivity index (χ2v) is 6.23.